The van der Waals surface area contributed by atoms with Crippen LogP contribution in [0.1, 0.15) is 25.5 Å². The van der Waals surface area contributed by atoms with Crippen molar-refractivity contribution in [3.05, 3.63) is 54.4 Å². The van der Waals surface area contributed by atoms with Gasteiger partial charge in [0.15, 0.2) is 17.3 Å². The molecule has 2 aromatic heterocycles. The number of aromatic nitrogens is 4. The fraction of sp³-hybridized carbons (Fsp3) is 0.292. The first kappa shape index (κ1) is 21.4. The van der Waals surface area contributed by atoms with Crippen LogP contribution in [-0.4, -0.2) is 40.8 Å². The Morgan fingerprint density at radius 1 is 0.906 bits per heavy atom. The van der Waals surface area contributed by atoms with E-state index in [2.05, 4.69) is 24.1 Å². The van der Waals surface area contributed by atoms with Gasteiger partial charge in [-0.05, 0) is 43.7 Å². The smallest absolute Gasteiger partial charge is 0.167 e. The first-order chi connectivity index (χ1) is 15.5. The maximum absolute atomic E-state index is 5.59. The van der Waals surface area contributed by atoms with E-state index >= 15 is 0 Å². The predicted octanol–water partition coefficient (Wildman–Crippen LogP) is 4.71. The van der Waals surface area contributed by atoms with Gasteiger partial charge in [0.2, 0.25) is 0 Å². The summed E-state index contributed by atoms with van der Waals surface area (Å²) in [5.41, 5.74) is 3.37. The van der Waals surface area contributed by atoms with Crippen molar-refractivity contribution in [3.63, 3.8) is 0 Å². The summed E-state index contributed by atoms with van der Waals surface area (Å²) in [5, 5.41) is 3.43. The molecule has 0 amide bonds. The van der Waals surface area contributed by atoms with E-state index in [0.29, 0.717) is 29.7 Å². The quantitative estimate of drug-likeness (QED) is 0.431. The van der Waals surface area contributed by atoms with E-state index in [-0.39, 0.29) is 6.04 Å². The average Bonchev–Trinajstić information content (AvgIpc) is 3.27. The molecule has 0 radical (unpaired) electrons. The molecule has 0 aliphatic carbocycles. The van der Waals surface area contributed by atoms with Crippen molar-refractivity contribution in [3.8, 4) is 28.6 Å². The van der Waals surface area contributed by atoms with E-state index in [0.717, 1.165) is 28.0 Å². The lowest BCUT2D eigenvalue weighted by Gasteiger charge is -2.13. The van der Waals surface area contributed by atoms with Crippen LogP contribution in [0, 0.1) is 0 Å². The Labute approximate surface area is 187 Å². The van der Waals surface area contributed by atoms with Crippen molar-refractivity contribution in [2.75, 3.05) is 26.6 Å². The summed E-state index contributed by atoms with van der Waals surface area (Å²) in [6.07, 6.45) is 1.80. The second-order valence-corrected chi connectivity index (χ2v) is 7.58. The highest BCUT2D eigenvalue weighted by Gasteiger charge is 2.18. The second-order valence-electron chi connectivity index (χ2n) is 7.58. The highest BCUT2D eigenvalue weighted by Crippen LogP contribution is 2.34. The van der Waals surface area contributed by atoms with Crippen LogP contribution in [0.25, 0.3) is 22.6 Å². The molecule has 8 heteroatoms. The number of benzene rings is 2. The number of nitrogens with zero attached hydrogens (tertiary/aromatic N) is 4. The zero-order valence-electron chi connectivity index (χ0n) is 18.9. The molecule has 32 heavy (non-hydrogen) atoms. The number of hydrogen-bond donors (Lipinski definition) is 1. The Morgan fingerprint density at radius 2 is 1.62 bits per heavy atom. The minimum atomic E-state index is 0.204. The molecule has 8 nitrogen and oxygen atoms in total. The minimum absolute atomic E-state index is 0.204. The Hall–Kier alpha value is -3.81. The van der Waals surface area contributed by atoms with Crippen LogP contribution in [-0.2, 0) is 6.54 Å². The summed E-state index contributed by atoms with van der Waals surface area (Å²) in [7, 11) is 4.91. The van der Waals surface area contributed by atoms with Gasteiger partial charge < -0.3 is 24.1 Å². The Kier molecular flexibility index (Phi) is 6.11. The van der Waals surface area contributed by atoms with Gasteiger partial charge in [0, 0.05) is 18.7 Å². The highest BCUT2D eigenvalue weighted by molar-refractivity contribution is 5.86. The normalized spacial score (nSPS) is 11.1. The molecule has 4 aromatic rings. The topological polar surface area (TPSA) is 83.3 Å². The molecule has 2 heterocycles. The van der Waals surface area contributed by atoms with Crippen molar-refractivity contribution in [1.29, 1.82) is 0 Å². The SMILES string of the molecule is COc1ccc(CNc2nc(-c3ccc(OC)cc3OC)nc3c2ncn3C(C)C)cc1. The van der Waals surface area contributed by atoms with E-state index in [1.807, 2.05) is 47.0 Å². The van der Waals surface area contributed by atoms with Gasteiger partial charge >= 0.3 is 0 Å². The van der Waals surface area contributed by atoms with E-state index in [1.54, 1.807) is 27.7 Å². The van der Waals surface area contributed by atoms with Crippen LogP contribution in [0.5, 0.6) is 17.2 Å². The Bertz CT molecular complexity index is 1220. The van der Waals surface area contributed by atoms with Crippen molar-refractivity contribution >= 4 is 17.0 Å². The highest BCUT2D eigenvalue weighted by atomic mass is 16.5. The second kappa shape index (κ2) is 9.13. The first-order valence-corrected chi connectivity index (χ1v) is 10.4. The van der Waals surface area contributed by atoms with Crippen LogP contribution >= 0.6 is 0 Å². The number of ether oxygens (including phenoxy) is 3. The summed E-state index contributed by atoms with van der Waals surface area (Å²) >= 11 is 0. The van der Waals surface area contributed by atoms with Crippen molar-refractivity contribution in [2.24, 2.45) is 0 Å². The molecule has 0 aliphatic rings. The standard InChI is InChI=1S/C24H27N5O3/c1-15(2)29-14-26-21-23(25-13-16-6-8-17(30-3)9-7-16)27-22(28-24(21)29)19-11-10-18(31-4)12-20(19)32-5/h6-12,14-15H,13H2,1-5H3,(H,25,27,28). The van der Waals surface area contributed by atoms with Gasteiger partial charge in [0.25, 0.3) is 0 Å². The third-order valence-electron chi connectivity index (χ3n) is 5.25. The van der Waals surface area contributed by atoms with Crippen LogP contribution < -0.4 is 19.5 Å². The molecule has 4 rings (SSSR count). The van der Waals surface area contributed by atoms with E-state index in [9.17, 15) is 0 Å². The Morgan fingerprint density at radius 3 is 2.28 bits per heavy atom. The minimum Gasteiger partial charge on any atom is -0.497 e. The van der Waals surface area contributed by atoms with Crippen LogP contribution in [0.4, 0.5) is 5.82 Å². The molecular formula is C24H27N5O3. The van der Waals surface area contributed by atoms with Gasteiger partial charge in [0.05, 0.1) is 33.2 Å². The molecule has 0 fully saturated rings. The monoisotopic (exact) mass is 433 g/mol. The summed E-state index contributed by atoms with van der Waals surface area (Å²) in [6, 6.07) is 13.7. The fourth-order valence-corrected chi connectivity index (χ4v) is 3.45. The molecule has 1 N–H and O–H groups in total. The molecule has 0 bridgehead atoms. The summed E-state index contributed by atoms with van der Waals surface area (Å²) in [4.78, 5) is 14.2. The number of imidazole rings is 1. The number of anilines is 1. The van der Waals surface area contributed by atoms with Crippen LogP contribution in [0.2, 0.25) is 0 Å². The molecule has 0 saturated heterocycles. The summed E-state index contributed by atoms with van der Waals surface area (Å²) < 4.78 is 18.2. The molecule has 2 aromatic carbocycles. The maximum Gasteiger partial charge on any atom is 0.167 e. The van der Waals surface area contributed by atoms with Gasteiger partial charge in [-0.2, -0.15) is 0 Å². The van der Waals surface area contributed by atoms with Crippen molar-refractivity contribution < 1.29 is 14.2 Å². The van der Waals surface area contributed by atoms with Gasteiger partial charge in [-0.3, -0.25) is 0 Å². The number of nitrogens with one attached hydrogen (secondary N) is 1. The van der Waals surface area contributed by atoms with Crippen LogP contribution in [0.15, 0.2) is 48.8 Å². The molecule has 0 saturated carbocycles. The number of rotatable bonds is 8. The largest absolute Gasteiger partial charge is 0.497 e. The summed E-state index contributed by atoms with van der Waals surface area (Å²) in [6.45, 7) is 4.78. The predicted molar refractivity (Wildman–Crippen MR) is 125 cm³/mol. The lowest BCUT2D eigenvalue weighted by atomic mass is 10.1. The lowest BCUT2D eigenvalue weighted by Crippen LogP contribution is -2.06. The fourth-order valence-electron chi connectivity index (χ4n) is 3.45. The average molecular weight is 434 g/mol. The van der Waals surface area contributed by atoms with Gasteiger partial charge in [-0.15, -0.1) is 0 Å². The molecule has 166 valence electrons. The maximum atomic E-state index is 5.59. The van der Waals surface area contributed by atoms with E-state index in [4.69, 9.17) is 24.2 Å². The third-order valence-corrected chi connectivity index (χ3v) is 5.25. The number of fused-ring (bicyclic) bond motifs is 1. The summed E-state index contributed by atoms with van der Waals surface area (Å²) in [5.74, 6) is 3.38. The lowest BCUT2D eigenvalue weighted by molar-refractivity contribution is 0.395. The molecule has 0 aliphatic heterocycles. The number of methoxy groups -OCH3 is 3. The molecule has 0 atom stereocenters. The van der Waals surface area contributed by atoms with E-state index < -0.39 is 0 Å². The third kappa shape index (κ3) is 4.16. The molecule has 0 unspecified atom stereocenters. The zero-order valence-corrected chi connectivity index (χ0v) is 18.9. The van der Waals surface area contributed by atoms with Crippen molar-refractivity contribution in [1.82, 2.24) is 19.5 Å². The zero-order chi connectivity index (χ0) is 22.7. The van der Waals surface area contributed by atoms with Gasteiger partial charge in [-0.1, -0.05) is 12.1 Å². The molecular weight excluding hydrogens is 406 g/mol. The number of hydrogen-bond acceptors (Lipinski definition) is 7. The first-order valence-electron chi connectivity index (χ1n) is 10.4. The van der Waals surface area contributed by atoms with Gasteiger partial charge in [0.1, 0.15) is 22.8 Å². The van der Waals surface area contributed by atoms with Crippen molar-refractivity contribution in [2.45, 2.75) is 26.4 Å². The van der Waals surface area contributed by atoms with E-state index in [1.165, 1.54) is 0 Å². The molecule has 0 spiro atoms. The Balaban J connectivity index is 1.78. The van der Waals surface area contributed by atoms with Crippen LogP contribution in [0.3, 0.4) is 0 Å². The van der Waals surface area contributed by atoms with Gasteiger partial charge in [-0.25, -0.2) is 15.0 Å².